The van der Waals surface area contributed by atoms with E-state index in [0.29, 0.717) is 44.1 Å². The van der Waals surface area contributed by atoms with Crippen LogP contribution in [0.15, 0.2) is 18.2 Å². The Balaban J connectivity index is 1.64. The number of anilines is 1. The molecule has 0 unspecified atom stereocenters. The second kappa shape index (κ2) is 6.45. The molecule has 0 bridgehead atoms. The number of rotatable bonds is 5. The number of carbonyl (C=O) groups excluding carboxylic acids is 1. The highest BCUT2D eigenvalue weighted by molar-refractivity contribution is 5.94. The summed E-state index contributed by atoms with van der Waals surface area (Å²) in [6.45, 7) is 3.16. The number of nitrogens with one attached hydrogen (secondary N) is 1. The van der Waals surface area contributed by atoms with Crippen molar-refractivity contribution in [2.45, 2.75) is 18.4 Å². The van der Waals surface area contributed by atoms with Crippen LogP contribution < -0.4 is 10.2 Å². The van der Waals surface area contributed by atoms with Crippen molar-refractivity contribution in [1.82, 2.24) is 10.2 Å². The molecule has 1 aromatic rings. The van der Waals surface area contributed by atoms with Crippen LogP contribution in [0.4, 0.5) is 10.1 Å². The minimum Gasteiger partial charge on any atom is -0.378 e. The van der Waals surface area contributed by atoms with E-state index in [1.165, 1.54) is 6.07 Å². The number of ether oxygens (including phenoxy) is 1. The molecule has 1 aliphatic carbocycles. The van der Waals surface area contributed by atoms with Gasteiger partial charge in [-0.1, -0.05) is 0 Å². The van der Waals surface area contributed by atoms with Gasteiger partial charge in [0.1, 0.15) is 5.82 Å². The van der Waals surface area contributed by atoms with E-state index in [1.807, 2.05) is 19.0 Å². The summed E-state index contributed by atoms with van der Waals surface area (Å²) in [6.07, 6.45) is 2.18. The quantitative estimate of drug-likeness (QED) is 0.892. The molecule has 1 amide bonds. The van der Waals surface area contributed by atoms with Gasteiger partial charge < -0.3 is 19.9 Å². The maximum absolute atomic E-state index is 14.3. The van der Waals surface area contributed by atoms with E-state index in [2.05, 4.69) is 10.2 Å². The van der Waals surface area contributed by atoms with Crippen molar-refractivity contribution in [3.63, 3.8) is 0 Å². The maximum atomic E-state index is 14.3. The van der Waals surface area contributed by atoms with Crippen LogP contribution in [0.25, 0.3) is 0 Å². The minimum atomic E-state index is -0.353. The number of benzene rings is 1. The molecule has 2 fully saturated rings. The molecule has 126 valence electrons. The first-order valence-electron chi connectivity index (χ1n) is 8.10. The largest absolute Gasteiger partial charge is 0.378 e. The molecule has 23 heavy (non-hydrogen) atoms. The summed E-state index contributed by atoms with van der Waals surface area (Å²) in [7, 11) is 4.05. The zero-order valence-electron chi connectivity index (χ0n) is 13.8. The molecule has 2 aliphatic rings. The lowest BCUT2D eigenvalue weighted by Gasteiger charge is -2.29. The zero-order valence-corrected chi connectivity index (χ0v) is 13.8. The first-order valence-corrected chi connectivity index (χ1v) is 8.10. The van der Waals surface area contributed by atoms with Crippen LogP contribution in [0, 0.1) is 5.82 Å². The third-order valence-corrected chi connectivity index (χ3v) is 4.92. The van der Waals surface area contributed by atoms with E-state index >= 15 is 0 Å². The molecule has 5 nitrogen and oxygen atoms in total. The molecule has 0 atom stereocenters. The smallest absolute Gasteiger partial charge is 0.251 e. The van der Waals surface area contributed by atoms with Crippen molar-refractivity contribution in [2.75, 3.05) is 51.8 Å². The summed E-state index contributed by atoms with van der Waals surface area (Å²) in [5, 5.41) is 2.93. The Morgan fingerprint density at radius 1 is 1.35 bits per heavy atom. The highest BCUT2D eigenvalue weighted by Crippen LogP contribution is 2.39. The maximum Gasteiger partial charge on any atom is 0.251 e. The highest BCUT2D eigenvalue weighted by atomic mass is 19.1. The van der Waals surface area contributed by atoms with Gasteiger partial charge in [0.2, 0.25) is 0 Å². The standard InChI is InChI=1S/C17H24FN3O2/c1-20(2)17(5-6-17)12-19-16(22)13-3-4-15(14(18)11-13)21-7-9-23-10-8-21/h3-4,11H,5-10,12H2,1-2H3,(H,19,22). The van der Waals surface area contributed by atoms with Crippen LogP contribution >= 0.6 is 0 Å². The van der Waals surface area contributed by atoms with E-state index in [4.69, 9.17) is 4.74 Å². The summed E-state index contributed by atoms with van der Waals surface area (Å²) >= 11 is 0. The number of morpholine rings is 1. The first kappa shape index (κ1) is 16.2. The summed E-state index contributed by atoms with van der Waals surface area (Å²) in [5.41, 5.74) is 0.993. The van der Waals surface area contributed by atoms with Gasteiger partial charge in [-0.05, 0) is 45.1 Å². The summed E-state index contributed by atoms with van der Waals surface area (Å²) in [4.78, 5) is 16.3. The average molecular weight is 321 g/mol. The highest BCUT2D eigenvalue weighted by Gasteiger charge is 2.44. The lowest BCUT2D eigenvalue weighted by molar-refractivity contribution is 0.0937. The van der Waals surface area contributed by atoms with E-state index in [1.54, 1.807) is 12.1 Å². The lowest BCUT2D eigenvalue weighted by Crippen LogP contribution is -2.42. The van der Waals surface area contributed by atoms with E-state index < -0.39 is 0 Å². The summed E-state index contributed by atoms with van der Waals surface area (Å²) in [5.74, 6) is -0.571. The van der Waals surface area contributed by atoms with Crippen molar-refractivity contribution in [1.29, 1.82) is 0 Å². The Labute approximate surface area is 136 Å². The van der Waals surface area contributed by atoms with E-state index in [0.717, 1.165) is 12.8 Å². The molecule has 6 heteroatoms. The fourth-order valence-electron chi connectivity index (χ4n) is 2.98. The van der Waals surface area contributed by atoms with Crippen LogP contribution in [0.3, 0.4) is 0 Å². The fraction of sp³-hybridized carbons (Fsp3) is 0.588. The Hall–Kier alpha value is -1.66. The van der Waals surface area contributed by atoms with Gasteiger partial charge in [-0.2, -0.15) is 0 Å². The van der Waals surface area contributed by atoms with E-state index in [-0.39, 0.29) is 17.3 Å². The Morgan fingerprint density at radius 2 is 2.04 bits per heavy atom. The Morgan fingerprint density at radius 3 is 2.61 bits per heavy atom. The molecule has 1 saturated carbocycles. The normalized spacial score (nSPS) is 19.7. The average Bonchev–Trinajstić information content (AvgIpc) is 3.34. The molecular weight excluding hydrogens is 297 g/mol. The third-order valence-electron chi connectivity index (χ3n) is 4.92. The van der Waals surface area contributed by atoms with Crippen molar-refractivity contribution < 1.29 is 13.9 Å². The van der Waals surface area contributed by atoms with E-state index in [9.17, 15) is 9.18 Å². The fourth-order valence-corrected chi connectivity index (χ4v) is 2.98. The predicted octanol–water partition coefficient (Wildman–Crippen LogP) is 1.49. The number of carbonyl (C=O) groups is 1. The van der Waals surface area contributed by atoms with Gasteiger partial charge in [0, 0.05) is 30.7 Å². The van der Waals surface area contributed by atoms with Crippen molar-refractivity contribution in [2.24, 2.45) is 0 Å². The number of hydrogen-bond donors (Lipinski definition) is 1. The predicted molar refractivity (Wildman–Crippen MR) is 87.4 cm³/mol. The molecule has 3 rings (SSSR count). The van der Waals surface area contributed by atoms with Gasteiger partial charge in [-0.3, -0.25) is 4.79 Å². The summed E-state index contributed by atoms with van der Waals surface area (Å²) < 4.78 is 19.6. The van der Waals surface area contributed by atoms with Crippen LogP contribution in [0.2, 0.25) is 0 Å². The van der Waals surface area contributed by atoms with Crippen LogP contribution in [0.5, 0.6) is 0 Å². The number of hydrogen-bond acceptors (Lipinski definition) is 4. The SMILES string of the molecule is CN(C)C1(CNC(=O)c2ccc(N3CCOCC3)c(F)c2)CC1. The monoisotopic (exact) mass is 321 g/mol. The Bertz CT molecular complexity index is 581. The summed E-state index contributed by atoms with van der Waals surface area (Å²) in [6, 6.07) is 4.71. The Kier molecular flexibility index (Phi) is 4.55. The molecule has 1 aromatic carbocycles. The second-order valence-electron chi connectivity index (χ2n) is 6.57. The zero-order chi connectivity index (χ0) is 16.4. The first-order chi connectivity index (χ1) is 11.0. The molecule has 1 aliphatic heterocycles. The van der Waals surface area contributed by atoms with Crippen LogP contribution in [0.1, 0.15) is 23.2 Å². The molecule has 1 N–H and O–H groups in total. The topological polar surface area (TPSA) is 44.8 Å². The van der Waals surface area contributed by atoms with Crippen LogP contribution in [-0.2, 0) is 4.74 Å². The van der Waals surface area contributed by atoms with Crippen molar-refractivity contribution in [3.05, 3.63) is 29.6 Å². The van der Waals surface area contributed by atoms with Gasteiger partial charge in [-0.15, -0.1) is 0 Å². The molecular formula is C17H24FN3O2. The number of nitrogens with zero attached hydrogens (tertiary/aromatic N) is 2. The van der Waals surface area contributed by atoms with Gasteiger partial charge in [0.25, 0.3) is 5.91 Å². The number of halogens is 1. The van der Waals surface area contributed by atoms with Crippen LogP contribution in [-0.4, -0.2) is 63.3 Å². The molecule has 1 saturated heterocycles. The molecule has 0 aromatic heterocycles. The number of likely N-dealkylation sites (N-methyl/N-ethyl adjacent to an activating group) is 1. The lowest BCUT2D eigenvalue weighted by atomic mass is 10.1. The molecule has 0 radical (unpaired) electrons. The van der Waals surface area contributed by atoms with Crippen molar-refractivity contribution >= 4 is 11.6 Å². The minimum absolute atomic E-state index is 0.0853. The molecule has 1 heterocycles. The van der Waals surface area contributed by atoms with Gasteiger partial charge in [-0.25, -0.2) is 4.39 Å². The second-order valence-corrected chi connectivity index (χ2v) is 6.57. The van der Waals surface area contributed by atoms with Crippen molar-refractivity contribution in [3.8, 4) is 0 Å². The van der Waals surface area contributed by atoms with Gasteiger partial charge in [0.05, 0.1) is 18.9 Å². The van der Waals surface area contributed by atoms with Gasteiger partial charge >= 0.3 is 0 Å². The third kappa shape index (κ3) is 3.48. The molecule has 0 spiro atoms. The number of amides is 1. The van der Waals surface area contributed by atoms with Gasteiger partial charge in [0.15, 0.2) is 0 Å².